The fraction of sp³-hybridized carbons (Fsp3) is 0. The summed E-state index contributed by atoms with van der Waals surface area (Å²) in [6.07, 6.45) is 19.3. The van der Waals surface area contributed by atoms with E-state index in [0.717, 1.165) is 137 Å². The molecule has 0 amide bonds. The Hall–Kier alpha value is -11.2. The number of aromatic amines is 4. The Morgan fingerprint density at radius 1 is 0.250 bits per heavy atom. The van der Waals surface area contributed by atoms with E-state index in [-0.39, 0.29) is 0 Å². The van der Waals surface area contributed by atoms with Gasteiger partial charge in [0.1, 0.15) is 25.1 Å². The van der Waals surface area contributed by atoms with Gasteiger partial charge in [0.15, 0.2) is 0 Å². The van der Waals surface area contributed by atoms with Gasteiger partial charge in [0.25, 0.3) is 0 Å². The third kappa shape index (κ3) is 9.67. The molecule has 0 atom stereocenters. The maximum Gasteiger partial charge on any atom is 0.150 e. The Morgan fingerprint density at radius 3 is 0.787 bits per heavy atom. The van der Waals surface area contributed by atoms with Gasteiger partial charge in [-0.1, -0.05) is 97.1 Å². The Bertz CT molecular complexity index is 4160. The number of nitrogens with zero attached hydrogens (tertiary/aromatic N) is 4. The van der Waals surface area contributed by atoms with Gasteiger partial charge in [-0.05, 0) is 144 Å². The summed E-state index contributed by atoms with van der Waals surface area (Å²) < 4.78 is 0. The van der Waals surface area contributed by atoms with E-state index in [1.165, 1.54) is 0 Å². The van der Waals surface area contributed by atoms with Crippen molar-refractivity contribution in [3.05, 3.63) is 238 Å². The average molecular weight is 1040 g/mol. The van der Waals surface area contributed by atoms with Crippen molar-refractivity contribution in [1.82, 2.24) is 39.9 Å². The molecule has 4 aromatic carbocycles. The summed E-state index contributed by atoms with van der Waals surface area (Å²) in [5.74, 6) is 0. The second-order valence-corrected chi connectivity index (χ2v) is 19.4. The minimum atomic E-state index is 0.561. The van der Waals surface area contributed by atoms with Crippen LogP contribution in [0.25, 0.3) is 137 Å². The molecule has 380 valence electrons. The highest BCUT2D eigenvalue weighted by Gasteiger charge is 2.19. The van der Waals surface area contributed by atoms with Crippen LogP contribution in [0.4, 0.5) is 0 Å². The molecule has 10 aromatic rings. The van der Waals surface area contributed by atoms with Crippen LogP contribution in [-0.4, -0.2) is 65.0 Å². The van der Waals surface area contributed by atoms with Crippen LogP contribution in [0.3, 0.4) is 0 Å². The van der Waals surface area contributed by atoms with Crippen molar-refractivity contribution < 1.29 is 19.2 Å². The van der Waals surface area contributed by atoms with Crippen LogP contribution in [0, 0.1) is 0 Å². The molecule has 4 N–H and O–H groups in total. The Morgan fingerprint density at radius 2 is 0.512 bits per heavy atom. The molecule has 0 fully saturated rings. The number of aldehydes is 4. The van der Waals surface area contributed by atoms with E-state index < -0.39 is 0 Å². The van der Waals surface area contributed by atoms with E-state index in [1.807, 2.05) is 140 Å². The molecule has 0 aliphatic carbocycles. The van der Waals surface area contributed by atoms with Crippen LogP contribution in [0.15, 0.2) is 170 Å². The largest absolute Gasteiger partial charge is 0.355 e. The number of benzene rings is 4. The first-order chi connectivity index (χ1) is 39.3. The highest BCUT2D eigenvalue weighted by molar-refractivity contribution is 6.00. The number of hydrogen-bond acceptors (Lipinski definition) is 8. The first-order valence-electron chi connectivity index (χ1n) is 25.8. The van der Waals surface area contributed by atoms with Gasteiger partial charge in [-0.3, -0.25) is 19.2 Å². The third-order valence-electron chi connectivity index (χ3n) is 14.1. The monoisotopic (exact) mass is 1040 g/mol. The molecule has 12 heteroatoms. The van der Waals surface area contributed by atoms with Crippen LogP contribution >= 0.6 is 0 Å². The zero-order valence-electron chi connectivity index (χ0n) is 42.5. The number of H-pyrrole nitrogens is 4. The molecule has 4 aliphatic rings. The maximum atomic E-state index is 11.6. The van der Waals surface area contributed by atoms with Gasteiger partial charge in [0, 0.05) is 88.6 Å². The predicted molar refractivity (Wildman–Crippen MR) is 321 cm³/mol. The summed E-state index contributed by atoms with van der Waals surface area (Å²) >= 11 is 0. The average Bonchev–Trinajstić information content (AvgIpc) is 4.39. The maximum absolute atomic E-state index is 11.6. The zero-order chi connectivity index (χ0) is 54.1. The summed E-state index contributed by atoms with van der Waals surface area (Å²) in [5, 5.41) is 0. The van der Waals surface area contributed by atoms with Gasteiger partial charge in [-0.15, -0.1) is 0 Å². The van der Waals surface area contributed by atoms with E-state index in [2.05, 4.69) is 60.2 Å². The van der Waals surface area contributed by atoms with Crippen LogP contribution in [0.1, 0.15) is 87.0 Å². The summed E-state index contributed by atoms with van der Waals surface area (Å²) in [7, 11) is 0. The molecular weight excluding hydrogens is 993 g/mol. The first-order valence-corrected chi connectivity index (χ1v) is 25.8. The van der Waals surface area contributed by atoms with Gasteiger partial charge in [-0.25, -0.2) is 19.9 Å². The molecule has 16 bridgehead atoms. The number of carbonyl (C=O) groups is 4. The molecule has 0 radical (unpaired) electrons. The molecule has 12 nitrogen and oxygen atoms in total. The van der Waals surface area contributed by atoms with Crippen LogP contribution in [0.5, 0.6) is 0 Å². The lowest BCUT2D eigenvalue weighted by molar-refractivity contribution is 0.111. The number of nitrogens with one attached hydrogen (secondary N) is 4. The SMILES string of the molecule is C1=Cc2cc3ccc(cc4ccc(cc5nc(cc1n2)C=C5)[nH]4)[nH]3.O=Cc1ccc(-c2c3nc(c(-c4ccc(C=O)cc4)c4ccc([nH]4)c(-c4ccc(C=O)cc4)c4nc(c(-c5ccc(C=O)cc5)c5ccc2[nH]5)C=C4)C=C3)cc1. The molecule has 10 heterocycles. The highest BCUT2D eigenvalue weighted by Crippen LogP contribution is 2.39. The van der Waals surface area contributed by atoms with E-state index in [4.69, 9.17) is 9.97 Å². The van der Waals surface area contributed by atoms with Gasteiger partial charge in [0.2, 0.25) is 0 Å². The third-order valence-corrected chi connectivity index (χ3v) is 14.1. The first kappa shape index (κ1) is 48.4. The van der Waals surface area contributed by atoms with E-state index in [1.54, 1.807) is 48.5 Å². The molecule has 4 aliphatic heterocycles. The number of hydrogen-bond donors (Lipinski definition) is 4. The molecular formula is C68H44N8O4. The number of fused-ring (bicyclic) bond motifs is 16. The lowest BCUT2D eigenvalue weighted by Crippen LogP contribution is -1.90. The second kappa shape index (κ2) is 20.7. The Kier molecular flexibility index (Phi) is 12.5. The number of aromatic nitrogens is 8. The van der Waals surface area contributed by atoms with Gasteiger partial charge < -0.3 is 19.9 Å². The standard InChI is InChI=1S/C48H30N4O4.C20H14N4/c53-25-29-1-9-33(10-2-29)45-37-17-19-39(49-37)46(34-11-3-30(26-54)4-12-34)41-21-23-43(51-41)48(36-15-7-32(28-56)8-16-36)44-24-22-42(52-44)47(40-20-18-38(45)50-40)35-13-5-31(27-55)6-14-35;1-2-14-10-16-5-6-18(23-16)12-20-8-7-19(24-20)11-17-4-3-15(22-17)9-13(1)21-14/h1-28,49,52H;1-12,21-22H. The molecule has 14 rings (SSSR count). The fourth-order valence-electron chi connectivity index (χ4n) is 10.3. The van der Waals surface area contributed by atoms with E-state index in [9.17, 15) is 19.2 Å². The fourth-order valence-corrected chi connectivity index (χ4v) is 10.3. The van der Waals surface area contributed by atoms with Gasteiger partial charge in [0.05, 0.1) is 45.6 Å². The van der Waals surface area contributed by atoms with Gasteiger partial charge >= 0.3 is 0 Å². The lowest BCUT2D eigenvalue weighted by atomic mass is 10.0. The molecule has 0 saturated heterocycles. The van der Waals surface area contributed by atoms with E-state index in [0.29, 0.717) is 45.0 Å². The number of rotatable bonds is 8. The molecule has 6 aromatic heterocycles. The van der Waals surface area contributed by atoms with Crippen molar-refractivity contribution in [2.45, 2.75) is 0 Å². The number of carbonyl (C=O) groups excluding carboxylic acids is 4. The molecule has 0 spiro atoms. The van der Waals surface area contributed by atoms with E-state index >= 15 is 0 Å². The van der Waals surface area contributed by atoms with Crippen LogP contribution in [-0.2, 0) is 0 Å². The summed E-state index contributed by atoms with van der Waals surface area (Å²) in [4.78, 5) is 80.4. The second-order valence-electron chi connectivity index (χ2n) is 19.4. The Labute approximate surface area is 457 Å². The van der Waals surface area contributed by atoms with Crippen molar-refractivity contribution in [3.63, 3.8) is 0 Å². The minimum absolute atomic E-state index is 0.561. The van der Waals surface area contributed by atoms with Crippen molar-refractivity contribution >= 4 is 118 Å². The quantitative estimate of drug-likeness (QED) is 0.108. The smallest absolute Gasteiger partial charge is 0.150 e. The summed E-state index contributed by atoms with van der Waals surface area (Å²) in [6.45, 7) is 0. The topological polar surface area (TPSA) is 183 Å². The van der Waals surface area contributed by atoms with Crippen molar-refractivity contribution in [2.75, 3.05) is 0 Å². The molecule has 0 unspecified atom stereocenters. The van der Waals surface area contributed by atoms with Crippen LogP contribution < -0.4 is 0 Å². The van der Waals surface area contributed by atoms with Crippen molar-refractivity contribution in [1.29, 1.82) is 0 Å². The summed E-state index contributed by atoms with van der Waals surface area (Å²) in [5.41, 5.74) is 22.9. The van der Waals surface area contributed by atoms with Gasteiger partial charge in [-0.2, -0.15) is 0 Å². The zero-order valence-corrected chi connectivity index (χ0v) is 42.5. The van der Waals surface area contributed by atoms with Crippen molar-refractivity contribution in [2.24, 2.45) is 0 Å². The molecule has 80 heavy (non-hydrogen) atoms. The minimum Gasteiger partial charge on any atom is -0.355 e. The Balaban J connectivity index is 0.000000208. The highest BCUT2D eigenvalue weighted by atomic mass is 16.1. The summed E-state index contributed by atoms with van der Waals surface area (Å²) in [6, 6.07) is 54.1. The van der Waals surface area contributed by atoms with Crippen molar-refractivity contribution in [3.8, 4) is 44.5 Å². The predicted octanol–water partition coefficient (Wildman–Crippen LogP) is 15.2. The van der Waals surface area contributed by atoms with Crippen LogP contribution in [0.2, 0.25) is 0 Å². The lowest BCUT2D eigenvalue weighted by Gasteiger charge is -2.07. The normalized spacial score (nSPS) is 12.0. The molecule has 0 saturated carbocycles.